The van der Waals surface area contributed by atoms with Crippen LogP contribution in [0.3, 0.4) is 0 Å². The van der Waals surface area contributed by atoms with Crippen LogP contribution >= 0.6 is 0 Å². The van der Waals surface area contributed by atoms with Crippen molar-refractivity contribution < 1.29 is 4.74 Å². The van der Waals surface area contributed by atoms with Crippen LogP contribution in [-0.2, 0) is 4.74 Å². The third kappa shape index (κ3) is 8.03. The van der Waals surface area contributed by atoms with E-state index in [1.165, 1.54) is 109 Å². The van der Waals surface area contributed by atoms with E-state index in [2.05, 4.69) is 33.8 Å². The van der Waals surface area contributed by atoms with Gasteiger partial charge in [-0.25, -0.2) is 0 Å². The maximum absolute atomic E-state index is 6.46. The molecule has 4 atom stereocenters. The molecular formula is C31H54O. The van der Waals surface area contributed by atoms with E-state index in [0.29, 0.717) is 12.0 Å². The van der Waals surface area contributed by atoms with Gasteiger partial charge in [0.1, 0.15) is 0 Å². The van der Waals surface area contributed by atoms with E-state index in [4.69, 9.17) is 4.74 Å². The molecule has 1 saturated carbocycles. The molecule has 0 spiro atoms. The SMILES string of the molecule is CCCCC1=C(C)CCC([C@@H](C)CCC2=CCCC(OCCCC3CCCCC3)C2C)C1. The monoisotopic (exact) mass is 442 g/mol. The van der Waals surface area contributed by atoms with Crippen LogP contribution in [0.15, 0.2) is 22.8 Å². The second-order valence-electron chi connectivity index (χ2n) is 11.7. The van der Waals surface area contributed by atoms with E-state index in [1.807, 2.05) is 5.57 Å². The molecule has 3 rings (SSSR count). The molecule has 0 radical (unpaired) electrons. The Labute approximate surface area is 200 Å². The highest BCUT2D eigenvalue weighted by molar-refractivity contribution is 5.17. The number of hydrogen-bond donors (Lipinski definition) is 0. The van der Waals surface area contributed by atoms with Gasteiger partial charge in [-0.05, 0) is 95.3 Å². The van der Waals surface area contributed by atoms with Gasteiger partial charge in [0.25, 0.3) is 0 Å². The normalized spacial score (nSPS) is 28.6. The summed E-state index contributed by atoms with van der Waals surface area (Å²) in [5, 5.41) is 0. The largest absolute Gasteiger partial charge is 0.378 e. The Morgan fingerprint density at radius 3 is 2.62 bits per heavy atom. The van der Waals surface area contributed by atoms with Gasteiger partial charge in [-0.2, -0.15) is 0 Å². The maximum Gasteiger partial charge on any atom is 0.0640 e. The van der Waals surface area contributed by atoms with Crippen LogP contribution in [0.1, 0.15) is 137 Å². The Bertz CT molecular complexity index is 594. The van der Waals surface area contributed by atoms with Crippen molar-refractivity contribution in [3.63, 3.8) is 0 Å². The molecule has 32 heavy (non-hydrogen) atoms. The Balaban J connectivity index is 1.37. The number of hydrogen-bond acceptors (Lipinski definition) is 1. The van der Waals surface area contributed by atoms with Gasteiger partial charge in [0, 0.05) is 12.5 Å². The molecule has 0 heterocycles. The first-order chi connectivity index (χ1) is 15.6. The Morgan fingerprint density at radius 2 is 1.84 bits per heavy atom. The third-order valence-corrected chi connectivity index (χ3v) is 9.34. The van der Waals surface area contributed by atoms with Gasteiger partial charge < -0.3 is 4.74 Å². The highest BCUT2D eigenvalue weighted by Crippen LogP contribution is 2.39. The van der Waals surface area contributed by atoms with Crippen LogP contribution < -0.4 is 0 Å². The standard InChI is InChI=1S/C31H54O/c1-5-6-15-29-23-30(21-19-24(29)2)25(3)18-20-28-16-10-17-31(26(28)4)32-22-11-14-27-12-8-7-9-13-27/h16,25-27,30-31H,5-15,17-23H2,1-4H3/t25-,26?,30?,31?/m0/s1. The molecule has 0 saturated heterocycles. The molecule has 184 valence electrons. The lowest BCUT2D eigenvalue weighted by Crippen LogP contribution is -2.27. The molecule has 0 N–H and O–H groups in total. The average Bonchev–Trinajstić information content (AvgIpc) is 2.82. The summed E-state index contributed by atoms with van der Waals surface area (Å²) in [5.74, 6) is 3.38. The van der Waals surface area contributed by atoms with Crippen molar-refractivity contribution in [2.45, 2.75) is 143 Å². The summed E-state index contributed by atoms with van der Waals surface area (Å²) in [4.78, 5) is 0. The lowest BCUT2D eigenvalue weighted by Gasteiger charge is -2.33. The van der Waals surface area contributed by atoms with E-state index in [9.17, 15) is 0 Å². The van der Waals surface area contributed by atoms with E-state index in [-0.39, 0.29) is 0 Å². The van der Waals surface area contributed by atoms with E-state index >= 15 is 0 Å². The van der Waals surface area contributed by atoms with Gasteiger partial charge in [0.15, 0.2) is 0 Å². The van der Waals surface area contributed by atoms with Crippen molar-refractivity contribution in [1.29, 1.82) is 0 Å². The number of allylic oxidation sites excluding steroid dienone is 3. The quantitative estimate of drug-likeness (QED) is 0.216. The van der Waals surface area contributed by atoms with E-state index in [1.54, 1.807) is 11.1 Å². The molecule has 3 unspecified atom stereocenters. The summed E-state index contributed by atoms with van der Waals surface area (Å²) in [7, 11) is 0. The second-order valence-corrected chi connectivity index (χ2v) is 11.7. The minimum Gasteiger partial charge on any atom is -0.378 e. The van der Waals surface area contributed by atoms with Crippen LogP contribution in [0.4, 0.5) is 0 Å². The molecule has 1 heteroatoms. The Kier molecular flexibility index (Phi) is 11.4. The summed E-state index contributed by atoms with van der Waals surface area (Å²) in [6, 6.07) is 0. The van der Waals surface area contributed by atoms with Gasteiger partial charge in [-0.1, -0.05) is 82.1 Å². The van der Waals surface area contributed by atoms with Gasteiger partial charge in [0.05, 0.1) is 6.10 Å². The van der Waals surface area contributed by atoms with Crippen LogP contribution in [0.5, 0.6) is 0 Å². The smallest absolute Gasteiger partial charge is 0.0640 e. The first kappa shape index (κ1) is 26.1. The summed E-state index contributed by atoms with van der Waals surface area (Å²) < 4.78 is 6.46. The molecule has 1 fully saturated rings. The van der Waals surface area contributed by atoms with Crippen molar-refractivity contribution in [3.05, 3.63) is 22.8 Å². The zero-order chi connectivity index (χ0) is 22.8. The van der Waals surface area contributed by atoms with Crippen molar-refractivity contribution in [3.8, 4) is 0 Å². The van der Waals surface area contributed by atoms with Crippen molar-refractivity contribution in [1.82, 2.24) is 0 Å². The summed E-state index contributed by atoms with van der Waals surface area (Å²) in [6.07, 6.45) is 26.4. The van der Waals surface area contributed by atoms with Crippen LogP contribution in [0.2, 0.25) is 0 Å². The minimum absolute atomic E-state index is 0.470. The maximum atomic E-state index is 6.46. The highest BCUT2D eigenvalue weighted by Gasteiger charge is 2.27. The molecule has 0 aliphatic heterocycles. The fraction of sp³-hybridized carbons (Fsp3) is 0.871. The molecule has 3 aliphatic carbocycles. The molecule has 0 amide bonds. The average molecular weight is 443 g/mol. The van der Waals surface area contributed by atoms with Crippen LogP contribution in [-0.4, -0.2) is 12.7 Å². The molecule has 0 aromatic carbocycles. The Hall–Kier alpha value is -0.560. The number of ether oxygens (including phenoxy) is 1. The zero-order valence-electron chi connectivity index (χ0n) is 22.1. The highest BCUT2D eigenvalue weighted by atomic mass is 16.5. The van der Waals surface area contributed by atoms with Gasteiger partial charge in [-0.15, -0.1) is 0 Å². The topological polar surface area (TPSA) is 9.23 Å². The van der Waals surface area contributed by atoms with Crippen LogP contribution in [0.25, 0.3) is 0 Å². The molecule has 0 aromatic heterocycles. The first-order valence-electron chi connectivity index (χ1n) is 14.6. The van der Waals surface area contributed by atoms with Gasteiger partial charge >= 0.3 is 0 Å². The molecule has 0 bridgehead atoms. The third-order valence-electron chi connectivity index (χ3n) is 9.34. The zero-order valence-corrected chi connectivity index (χ0v) is 22.1. The molecule has 1 nitrogen and oxygen atoms in total. The molecule has 3 aliphatic rings. The predicted octanol–water partition coefficient (Wildman–Crippen LogP) is 9.81. The van der Waals surface area contributed by atoms with Crippen molar-refractivity contribution in [2.75, 3.05) is 6.61 Å². The molecule has 0 aromatic rings. The number of unbranched alkanes of at least 4 members (excludes halogenated alkanes) is 1. The van der Waals surface area contributed by atoms with Crippen molar-refractivity contribution >= 4 is 0 Å². The summed E-state index contributed by atoms with van der Waals surface area (Å²) in [5.41, 5.74) is 5.23. The lowest BCUT2D eigenvalue weighted by molar-refractivity contribution is 0.0132. The van der Waals surface area contributed by atoms with E-state index in [0.717, 1.165) is 24.4 Å². The second kappa shape index (κ2) is 14.0. The fourth-order valence-electron chi connectivity index (χ4n) is 6.74. The number of rotatable bonds is 12. The predicted molar refractivity (Wildman–Crippen MR) is 140 cm³/mol. The van der Waals surface area contributed by atoms with Crippen LogP contribution in [0, 0.1) is 23.7 Å². The molecular weight excluding hydrogens is 388 g/mol. The van der Waals surface area contributed by atoms with Gasteiger partial charge in [-0.3, -0.25) is 0 Å². The van der Waals surface area contributed by atoms with Crippen molar-refractivity contribution in [2.24, 2.45) is 23.7 Å². The first-order valence-corrected chi connectivity index (χ1v) is 14.6. The summed E-state index contributed by atoms with van der Waals surface area (Å²) in [6.45, 7) is 10.7. The fourth-order valence-corrected chi connectivity index (χ4v) is 6.74. The van der Waals surface area contributed by atoms with E-state index < -0.39 is 0 Å². The minimum atomic E-state index is 0.470. The summed E-state index contributed by atoms with van der Waals surface area (Å²) >= 11 is 0. The Morgan fingerprint density at radius 1 is 1.03 bits per heavy atom. The lowest BCUT2D eigenvalue weighted by atomic mass is 9.74. The van der Waals surface area contributed by atoms with Gasteiger partial charge in [0.2, 0.25) is 0 Å².